The van der Waals surface area contributed by atoms with E-state index in [1.807, 2.05) is 0 Å². The molecule has 0 bridgehead atoms. The molecule has 11 heavy (non-hydrogen) atoms. The highest BCUT2D eigenvalue weighted by Crippen LogP contribution is 2.18. The van der Waals surface area contributed by atoms with Gasteiger partial charge in [0.25, 0.3) is 0 Å². The van der Waals surface area contributed by atoms with Crippen molar-refractivity contribution in [1.29, 1.82) is 0 Å². The Morgan fingerprint density at radius 2 is 2.36 bits per heavy atom. The van der Waals surface area contributed by atoms with E-state index in [1.54, 1.807) is 6.92 Å². The summed E-state index contributed by atoms with van der Waals surface area (Å²) in [4.78, 5) is 10.6. The molecule has 0 aromatic rings. The maximum absolute atomic E-state index is 10.6. The molecule has 1 amide bonds. The summed E-state index contributed by atoms with van der Waals surface area (Å²) in [7, 11) is 0. The number of carbonyl (C=O) groups is 1. The highest BCUT2D eigenvalue weighted by Gasteiger charge is 2.23. The van der Waals surface area contributed by atoms with Crippen LogP contribution in [0, 0.1) is 11.8 Å². The predicted molar refractivity (Wildman–Crippen MR) is 42.2 cm³/mol. The van der Waals surface area contributed by atoms with Crippen molar-refractivity contribution in [3.05, 3.63) is 0 Å². The Balaban J connectivity index is 2.20. The maximum atomic E-state index is 10.6. The molecule has 0 aromatic carbocycles. The Kier molecular flexibility index (Phi) is 2.88. The number of hydrogen-bond donors (Lipinski definition) is 1. The molecule has 64 valence electrons. The Bertz CT molecular complexity index is 147. The summed E-state index contributed by atoms with van der Waals surface area (Å²) in [5, 5.41) is 2.80. The molecular formula is C8H15NO2. The minimum atomic E-state index is 0.0455. The number of hydrogen-bond acceptors (Lipinski definition) is 2. The minimum Gasteiger partial charge on any atom is -0.381 e. The van der Waals surface area contributed by atoms with Crippen LogP contribution in [0.3, 0.4) is 0 Å². The summed E-state index contributed by atoms with van der Waals surface area (Å²) in [5.74, 6) is 1.14. The van der Waals surface area contributed by atoms with Crippen molar-refractivity contribution < 1.29 is 9.53 Å². The van der Waals surface area contributed by atoms with Crippen molar-refractivity contribution in [1.82, 2.24) is 5.32 Å². The van der Waals surface area contributed by atoms with Crippen molar-refractivity contribution in [3.8, 4) is 0 Å². The lowest BCUT2D eigenvalue weighted by molar-refractivity contribution is -0.119. The van der Waals surface area contributed by atoms with Gasteiger partial charge in [0.15, 0.2) is 0 Å². The lowest BCUT2D eigenvalue weighted by atomic mass is 9.98. The predicted octanol–water partition coefficient (Wildman–Crippen LogP) is 0.405. The fourth-order valence-electron chi connectivity index (χ4n) is 1.24. The quantitative estimate of drug-likeness (QED) is 0.630. The van der Waals surface area contributed by atoms with Crippen LogP contribution in [0.1, 0.15) is 13.8 Å². The molecule has 2 unspecified atom stereocenters. The number of nitrogens with one attached hydrogen (secondary N) is 1. The molecule has 3 heteroatoms. The summed E-state index contributed by atoms with van der Waals surface area (Å²) in [6, 6.07) is 0. The smallest absolute Gasteiger partial charge is 0.216 e. The van der Waals surface area contributed by atoms with Crippen LogP contribution in [-0.2, 0) is 9.53 Å². The Morgan fingerprint density at radius 3 is 2.82 bits per heavy atom. The summed E-state index contributed by atoms with van der Waals surface area (Å²) < 4.78 is 5.25. The van der Waals surface area contributed by atoms with E-state index < -0.39 is 0 Å². The average molecular weight is 157 g/mol. The Hall–Kier alpha value is -0.570. The van der Waals surface area contributed by atoms with E-state index in [0.29, 0.717) is 11.8 Å². The average Bonchev–Trinajstić information content (AvgIpc) is 2.31. The second kappa shape index (κ2) is 3.72. The second-order valence-corrected chi connectivity index (χ2v) is 3.21. The van der Waals surface area contributed by atoms with Gasteiger partial charge in [-0.25, -0.2) is 0 Å². The molecule has 1 fully saturated rings. The molecule has 1 aliphatic heterocycles. The summed E-state index contributed by atoms with van der Waals surface area (Å²) in [6.45, 7) is 6.09. The normalized spacial score (nSPS) is 30.4. The van der Waals surface area contributed by atoms with Gasteiger partial charge in [-0.2, -0.15) is 0 Å². The standard InChI is InChI=1S/C8H15NO2/c1-6-4-11-5-8(6)3-9-7(2)10/h6,8H,3-5H2,1-2H3,(H,9,10). The zero-order chi connectivity index (χ0) is 8.27. The first-order valence-corrected chi connectivity index (χ1v) is 4.02. The fraction of sp³-hybridized carbons (Fsp3) is 0.875. The van der Waals surface area contributed by atoms with E-state index in [4.69, 9.17) is 4.74 Å². The van der Waals surface area contributed by atoms with Crippen LogP contribution in [-0.4, -0.2) is 25.7 Å². The summed E-state index contributed by atoms with van der Waals surface area (Å²) in [6.07, 6.45) is 0. The highest BCUT2D eigenvalue weighted by molar-refractivity contribution is 5.72. The van der Waals surface area contributed by atoms with Crippen molar-refractivity contribution in [2.75, 3.05) is 19.8 Å². The van der Waals surface area contributed by atoms with E-state index in [9.17, 15) is 4.79 Å². The van der Waals surface area contributed by atoms with Gasteiger partial charge < -0.3 is 10.1 Å². The van der Waals surface area contributed by atoms with Crippen LogP contribution >= 0.6 is 0 Å². The zero-order valence-electron chi connectivity index (χ0n) is 7.09. The maximum Gasteiger partial charge on any atom is 0.216 e. The van der Waals surface area contributed by atoms with Gasteiger partial charge in [-0.1, -0.05) is 6.92 Å². The minimum absolute atomic E-state index is 0.0455. The van der Waals surface area contributed by atoms with Crippen LogP contribution in [0.15, 0.2) is 0 Å². The van der Waals surface area contributed by atoms with E-state index in [-0.39, 0.29) is 5.91 Å². The lowest BCUT2D eigenvalue weighted by Gasteiger charge is -2.12. The third-order valence-corrected chi connectivity index (χ3v) is 2.13. The molecule has 0 aromatic heterocycles. The second-order valence-electron chi connectivity index (χ2n) is 3.21. The molecular weight excluding hydrogens is 142 g/mol. The topological polar surface area (TPSA) is 38.3 Å². The van der Waals surface area contributed by atoms with Crippen LogP contribution < -0.4 is 5.32 Å². The molecule has 1 heterocycles. The van der Waals surface area contributed by atoms with Crippen LogP contribution in [0.5, 0.6) is 0 Å². The summed E-state index contributed by atoms with van der Waals surface area (Å²) >= 11 is 0. The molecule has 0 spiro atoms. The zero-order valence-corrected chi connectivity index (χ0v) is 7.09. The van der Waals surface area contributed by atoms with Gasteiger partial charge >= 0.3 is 0 Å². The van der Waals surface area contributed by atoms with Crippen LogP contribution in [0.2, 0.25) is 0 Å². The fourth-order valence-corrected chi connectivity index (χ4v) is 1.24. The first-order valence-electron chi connectivity index (χ1n) is 4.02. The Morgan fingerprint density at radius 1 is 1.64 bits per heavy atom. The SMILES string of the molecule is CC(=O)NCC1COCC1C. The van der Waals surface area contributed by atoms with Gasteiger partial charge in [0.1, 0.15) is 0 Å². The van der Waals surface area contributed by atoms with E-state index in [2.05, 4.69) is 12.2 Å². The highest BCUT2D eigenvalue weighted by atomic mass is 16.5. The number of rotatable bonds is 2. The van der Waals surface area contributed by atoms with Gasteiger partial charge in [-0.3, -0.25) is 4.79 Å². The van der Waals surface area contributed by atoms with Gasteiger partial charge in [-0.15, -0.1) is 0 Å². The van der Waals surface area contributed by atoms with Crippen molar-refractivity contribution >= 4 is 5.91 Å². The van der Waals surface area contributed by atoms with E-state index in [1.165, 1.54) is 0 Å². The first kappa shape index (κ1) is 8.53. The monoisotopic (exact) mass is 157 g/mol. The van der Waals surface area contributed by atoms with Gasteiger partial charge in [0.2, 0.25) is 5.91 Å². The lowest BCUT2D eigenvalue weighted by Crippen LogP contribution is -2.29. The molecule has 0 saturated carbocycles. The number of ether oxygens (including phenoxy) is 1. The molecule has 1 rings (SSSR count). The Labute approximate surface area is 67.1 Å². The van der Waals surface area contributed by atoms with E-state index >= 15 is 0 Å². The number of carbonyl (C=O) groups excluding carboxylic acids is 1. The third-order valence-electron chi connectivity index (χ3n) is 2.13. The van der Waals surface area contributed by atoms with Gasteiger partial charge in [0, 0.05) is 26.0 Å². The molecule has 1 aliphatic rings. The molecule has 0 aliphatic carbocycles. The van der Waals surface area contributed by atoms with Crippen LogP contribution in [0.25, 0.3) is 0 Å². The molecule has 1 saturated heterocycles. The first-order chi connectivity index (χ1) is 5.20. The molecule has 2 atom stereocenters. The van der Waals surface area contributed by atoms with Gasteiger partial charge in [0.05, 0.1) is 6.61 Å². The van der Waals surface area contributed by atoms with Gasteiger partial charge in [-0.05, 0) is 5.92 Å². The van der Waals surface area contributed by atoms with Crippen molar-refractivity contribution in [2.45, 2.75) is 13.8 Å². The molecule has 3 nitrogen and oxygen atoms in total. The summed E-state index contributed by atoms with van der Waals surface area (Å²) in [5.41, 5.74) is 0. The third kappa shape index (κ3) is 2.50. The van der Waals surface area contributed by atoms with Crippen molar-refractivity contribution in [2.24, 2.45) is 11.8 Å². The van der Waals surface area contributed by atoms with E-state index in [0.717, 1.165) is 19.8 Å². The van der Waals surface area contributed by atoms with Crippen molar-refractivity contribution in [3.63, 3.8) is 0 Å². The number of amides is 1. The largest absolute Gasteiger partial charge is 0.381 e. The molecule has 0 radical (unpaired) electrons. The molecule has 1 N–H and O–H groups in total. The van der Waals surface area contributed by atoms with Crippen LogP contribution in [0.4, 0.5) is 0 Å².